The van der Waals surface area contributed by atoms with E-state index in [4.69, 9.17) is 22.7 Å². The molecule has 2 rings (SSSR count). The van der Waals surface area contributed by atoms with Crippen molar-refractivity contribution in [2.45, 2.75) is 50.7 Å². The molecule has 0 aromatic heterocycles. The zero-order chi connectivity index (χ0) is 14.8. The van der Waals surface area contributed by atoms with Crippen LogP contribution in [-0.4, -0.2) is 53.3 Å². The van der Waals surface area contributed by atoms with Gasteiger partial charge in [-0.3, -0.25) is 4.79 Å². The lowest BCUT2D eigenvalue weighted by atomic mass is 9.78. The van der Waals surface area contributed by atoms with E-state index in [0.29, 0.717) is 26.1 Å². The molecule has 1 aliphatic carbocycles. The van der Waals surface area contributed by atoms with Crippen LogP contribution in [0.1, 0.15) is 38.5 Å². The van der Waals surface area contributed by atoms with Gasteiger partial charge in [0, 0.05) is 20.3 Å². The second-order valence-electron chi connectivity index (χ2n) is 5.89. The summed E-state index contributed by atoms with van der Waals surface area (Å²) in [6, 6.07) is -0.120. The Balaban J connectivity index is 2.16. The molecular weight excluding hydrogens is 276 g/mol. The van der Waals surface area contributed by atoms with Gasteiger partial charge in [0.2, 0.25) is 5.91 Å². The predicted molar refractivity (Wildman–Crippen MR) is 80.3 cm³/mol. The Morgan fingerprint density at radius 2 is 1.95 bits per heavy atom. The number of carbonyl (C=O) groups excluding carboxylic acids is 1. The summed E-state index contributed by atoms with van der Waals surface area (Å²) in [6.45, 7) is 1.01. The highest BCUT2D eigenvalue weighted by Gasteiger charge is 2.46. The SMILES string of the molecule is CN(C(=O)C1(C(N)=S)CCOCC1)C1CCCCC1O. The molecule has 6 heteroatoms. The third-order valence-corrected chi connectivity index (χ3v) is 5.13. The van der Waals surface area contributed by atoms with Gasteiger partial charge in [-0.25, -0.2) is 0 Å². The smallest absolute Gasteiger partial charge is 0.235 e. The molecule has 1 saturated heterocycles. The highest BCUT2D eigenvalue weighted by Crippen LogP contribution is 2.35. The number of thiocarbonyl (C=S) groups is 1. The molecule has 0 aromatic rings. The van der Waals surface area contributed by atoms with E-state index < -0.39 is 11.5 Å². The fourth-order valence-electron chi connectivity index (χ4n) is 3.32. The molecule has 1 amide bonds. The van der Waals surface area contributed by atoms with Crippen LogP contribution >= 0.6 is 12.2 Å². The van der Waals surface area contributed by atoms with Crippen LogP contribution in [0.5, 0.6) is 0 Å². The molecule has 114 valence electrons. The van der Waals surface area contributed by atoms with Gasteiger partial charge in [-0.2, -0.15) is 0 Å². The maximum absolute atomic E-state index is 12.9. The Morgan fingerprint density at radius 3 is 2.50 bits per heavy atom. The third kappa shape index (κ3) is 2.82. The highest BCUT2D eigenvalue weighted by molar-refractivity contribution is 7.80. The Hall–Kier alpha value is -0.720. The first-order chi connectivity index (χ1) is 9.49. The van der Waals surface area contributed by atoms with Gasteiger partial charge in [0.15, 0.2) is 0 Å². The number of likely N-dealkylation sites (N-methyl/N-ethyl adjacent to an activating group) is 1. The molecule has 1 heterocycles. The monoisotopic (exact) mass is 300 g/mol. The summed E-state index contributed by atoms with van der Waals surface area (Å²) in [6.07, 6.45) is 4.29. The average molecular weight is 300 g/mol. The molecule has 2 unspecified atom stereocenters. The number of carbonyl (C=O) groups is 1. The predicted octanol–water partition coefficient (Wildman–Crippen LogP) is 0.831. The Morgan fingerprint density at radius 1 is 1.35 bits per heavy atom. The molecule has 0 radical (unpaired) electrons. The maximum Gasteiger partial charge on any atom is 0.235 e. The number of rotatable bonds is 3. The molecule has 0 aromatic carbocycles. The van der Waals surface area contributed by atoms with Crippen molar-refractivity contribution in [1.29, 1.82) is 0 Å². The van der Waals surface area contributed by atoms with Gasteiger partial charge < -0.3 is 20.5 Å². The zero-order valence-electron chi connectivity index (χ0n) is 12.0. The van der Waals surface area contributed by atoms with E-state index in [1.807, 2.05) is 0 Å². The van der Waals surface area contributed by atoms with Crippen molar-refractivity contribution in [3.63, 3.8) is 0 Å². The number of nitrogens with zero attached hydrogens (tertiary/aromatic N) is 1. The first-order valence-corrected chi connectivity index (χ1v) is 7.73. The molecule has 0 spiro atoms. The van der Waals surface area contributed by atoms with Crippen LogP contribution in [0.15, 0.2) is 0 Å². The topological polar surface area (TPSA) is 75.8 Å². The summed E-state index contributed by atoms with van der Waals surface area (Å²) in [5.41, 5.74) is 5.08. The van der Waals surface area contributed by atoms with Crippen LogP contribution in [0.3, 0.4) is 0 Å². The lowest BCUT2D eigenvalue weighted by molar-refractivity contribution is -0.146. The fourth-order valence-corrected chi connectivity index (χ4v) is 3.61. The van der Waals surface area contributed by atoms with E-state index in [2.05, 4.69) is 0 Å². The van der Waals surface area contributed by atoms with Crippen molar-refractivity contribution in [3.8, 4) is 0 Å². The number of hydrogen-bond acceptors (Lipinski definition) is 4. The van der Waals surface area contributed by atoms with Crippen LogP contribution in [0.2, 0.25) is 0 Å². The van der Waals surface area contributed by atoms with Crippen molar-refractivity contribution in [2.75, 3.05) is 20.3 Å². The summed E-state index contributed by atoms with van der Waals surface area (Å²) in [4.78, 5) is 14.8. The van der Waals surface area contributed by atoms with Crippen molar-refractivity contribution >= 4 is 23.1 Å². The highest BCUT2D eigenvalue weighted by atomic mass is 32.1. The number of aliphatic hydroxyl groups is 1. The summed E-state index contributed by atoms with van der Waals surface area (Å²) >= 11 is 5.17. The quantitative estimate of drug-likeness (QED) is 0.755. The van der Waals surface area contributed by atoms with E-state index in [1.165, 1.54) is 0 Å². The molecule has 2 fully saturated rings. The molecule has 5 nitrogen and oxygen atoms in total. The normalized spacial score (nSPS) is 29.7. The first kappa shape index (κ1) is 15.7. The number of amides is 1. The van der Waals surface area contributed by atoms with Crippen molar-refractivity contribution in [1.82, 2.24) is 4.90 Å². The summed E-state index contributed by atoms with van der Waals surface area (Å²) in [5.74, 6) is -0.0562. The summed E-state index contributed by atoms with van der Waals surface area (Å²) in [5, 5.41) is 10.1. The molecule has 2 atom stereocenters. The van der Waals surface area contributed by atoms with Gasteiger partial charge in [0.05, 0.1) is 17.1 Å². The fraction of sp³-hybridized carbons (Fsp3) is 0.857. The second-order valence-corrected chi connectivity index (χ2v) is 6.33. The largest absolute Gasteiger partial charge is 0.392 e. The first-order valence-electron chi connectivity index (χ1n) is 7.32. The maximum atomic E-state index is 12.9. The van der Waals surface area contributed by atoms with Crippen LogP contribution in [0, 0.1) is 5.41 Å². The van der Waals surface area contributed by atoms with Gasteiger partial charge in [0.25, 0.3) is 0 Å². The van der Waals surface area contributed by atoms with Crippen molar-refractivity contribution < 1.29 is 14.6 Å². The van der Waals surface area contributed by atoms with Crippen LogP contribution in [-0.2, 0) is 9.53 Å². The number of nitrogens with two attached hydrogens (primary N) is 1. The van der Waals surface area contributed by atoms with Gasteiger partial charge in [-0.15, -0.1) is 0 Å². The molecule has 1 saturated carbocycles. The number of aliphatic hydroxyl groups excluding tert-OH is 1. The van der Waals surface area contributed by atoms with Gasteiger partial charge in [-0.05, 0) is 25.7 Å². The van der Waals surface area contributed by atoms with Gasteiger partial charge >= 0.3 is 0 Å². The standard InChI is InChI=1S/C14H24N2O3S/c1-16(10-4-2-3-5-11(10)17)13(18)14(12(15)20)6-8-19-9-7-14/h10-11,17H,2-9H2,1H3,(H2,15,20). The molecular formula is C14H24N2O3S. The van der Waals surface area contributed by atoms with E-state index in [0.717, 1.165) is 25.7 Å². The van der Waals surface area contributed by atoms with Crippen LogP contribution in [0.4, 0.5) is 0 Å². The van der Waals surface area contributed by atoms with E-state index >= 15 is 0 Å². The lowest BCUT2D eigenvalue weighted by Gasteiger charge is -2.42. The Bertz CT molecular complexity index is 383. The minimum Gasteiger partial charge on any atom is -0.392 e. The second kappa shape index (κ2) is 6.37. The van der Waals surface area contributed by atoms with Crippen molar-refractivity contribution in [2.24, 2.45) is 11.1 Å². The van der Waals surface area contributed by atoms with Crippen molar-refractivity contribution in [3.05, 3.63) is 0 Å². The molecule has 1 aliphatic heterocycles. The number of hydrogen-bond donors (Lipinski definition) is 2. The third-order valence-electron chi connectivity index (χ3n) is 4.74. The molecule has 0 bridgehead atoms. The lowest BCUT2D eigenvalue weighted by Crippen LogP contribution is -2.57. The van der Waals surface area contributed by atoms with Gasteiger partial charge in [0.1, 0.15) is 5.41 Å². The average Bonchev–Trinajstić information content (AvgIpc) is 2.47. The molecule has 2 aliphatic rings. The minimum absolute atomic E-state index is 0.0562. The Labute approximate surface area is 125 Å². The molecule has 20 heavy (non-hydrogen) atoms. The molecule has 3 N–H and O–H groups in total. The number of ether oxygens (including phenoxy) is 1. The summed E-state index contributed by atoms with van der Waals surface area (Å²) < 4.78 is 5.34. The van der Waals surface area contributed by atoms with Crippen LogP contribution in [0.25, 0.3) is 0 Å². The van der Waals surface area contributed by atoms with Crippen LogP contribution < -0.4 is 5.73 Å². The Kier molecular flexibility index (Phi) is 4.99. The van der Waals surface area contributed by atoms with E-state index in [9.17, 15) is 9.90 Å². The summed E-state index contributed by atoms with van der Waals surface area (Å²) in [7, 11) is 1.76. The van der Waals surface area contributed by atoms with E-state index in [-0.39, 0.29) is 16.9 Å². The minimum atomic E-state index is -0.792. The van der Waals surface area contributed by atoms with E-state index in [1.54, 1.807) is 11.9 Å². The zero-order valence-corrected chi connectivity index (χ0v) is 12.8. The van der Waals surface area contributed by atoms with Gasteiger partial charge in [-0.1, -0.05) is 25.1 Å².